The second-order valence-corrected chi connectivity index (χ2v) is 5.68. The molecule has 0 aromatic carbocycles. The molecular formula is C14H26N4O. The average Bonchev–Trinajstić information content (AvgIpc) is 2.61. The molecule has 0 unspecified atom stereocenters. The molecule has 0 atom stereocenters. The van der Waals surface area contributed by atoms with E-state index in [-0.39, 0.29) is 18.0 Å². The van der Waals surface area contributed by atoms with Crippen LogP contribution in [0.25, 0.3) is 0 Å². The fourth-order valence-corrected chi connectivity index (χ4v) is 2.41. The Morgan fingerprint density at radius 1 is 1.32 bits per heavy atom. The number of hydrogen-bond donors (Lipinski definition) is 0. The molecule has 1 aromatic rings. The molecule has 108 valence electrons. The first-order valence-corrected chi connectivity index (χ1v) is 6.78. The molecule has 1 amide bonds. The minimum atomic E-state index is 0.177. The van der Waals surface area contributed by atoms with Crippen LogP contribution in [0, 0.1) is 0 Å². The SMILES string of the molecule is CC(C)N(C(=O)CN(C)Cc1cnn(C)c1)C(C)C. The Kier molecular flexibility index (Phi) is 5.54. The summed E-state index contributed by atoms with van der Waals surface area (Å²) in [5.74, 6) is 0.177. The van der Waals surface area contributed by atoms with Crippen molar-refractivity contribution in [3.05, 3.63) is 18.0 Å². The number of amides is 1. The Labute approximate surface area is 116 Å². The molecule has 0 fully saturated rings. The number of hydrogen-bond acceptors (Lipinski definition) is 3. The molecule has 0 bridgehead atoms. The van der Waals surface area contributed by atoms with Gasteiger partial charge in [-0.15, -0.1) is 0 Å². The molecule has 0 spiro atoms. The van der Waals surface area contributed by atoms with Crippen molar-refractivity contribution in [3.63, 3.8) is 0 Å². The molecule has 1 heterocycles. The lowest BCUT2D eigenvalue weighted by Gasteiger charge is -2.32. The maximum Gasteiger partial charge on any atom is 0.237 e. The second kappa shape index (κ2) is 6.70. The largest absolute Gasteiger partial charge is 0.337 e. The minimum Gasteiger partial charge on any atom is -0.337 e. The maximum absolute atomic E-state index is 12.3. The van der Waals surface area contributed by atoms with Crippen molar-refractivity contribution >= 4 is 5.91 Å². The monoisotopic (exact) mass is 266 g/mol. The highest BCUT2D eigenvalue weighted by Gasteiger charge is 2.21. The van der Waals surface area contributed by atoms with Crippen molar-refractivity contribution in [2.75, 3.05) is 13.6 Å². The molecule has 0 radical (unpaired) electrons. The fraction of sp³-hybridized carbons (Fsp3) is 0.714. The van der Waals surface area contributed by atoms with Crippen molar-refractivity contribution in [3.8, 4) is 0 Å². The summed E-state index contributed by atoms with van der Waals surface area (Å²) in [5, 5.41) is 4.14. The first kappa shape index (κ1) is 15.7. The maximum atomic E-state index is 12.3. The molecule has 0 aliphatic carbocycles. The highest BCUT2D eigenvalue weighted by Crippen LogP contribution is 2.07. The summed E-state index contributed by atoms with van der Waals surface area (Å²) in [6.07, 6.45) is 3.81. The van der Waals surface area contributed by atoms with Crippen LogP contribution in [0.3, 0.4) is 0 Å². The van der Waals surface area contributed by atoms with Crippen LogP contribution in [0.5, 0.6) is 0 Å². The topological polar surface area (TPSA) is 41.4 Å². The van der Waals surface area contributed by atoms with E-state index >= 15 is 0 Å². The number of aromatic nitrogens is 2. The van der Waals surface area contributed by atoms with Gasteiger partial charge in [0.15, 0.2) is 0 Å². The first-order valence-electron chi connectivity index (χ1n) is 6.78. The van der Waals surface area contributed by atoms with E-state index in [0.717, 1.165) is 12.1 Å². The number of carbonyl (C=O) groups excluding carboxylic acids is 1. The van der Waals surface area contributed by atoms with Gasteiger partial charge in [-0.1, -0.05) is 0 Å². The zero-order valence-electron chi connectivity index (χ0n) is 12.9. The van der Waals surface area contributed by atoms with Gasteiger partial charge in [-0.25, -0.2) is 0 Å². The third-order valence-electron chi connectivity index (χ3n) is 3.02. The Hall–Kier alpha value is -1.36. The van der Waals surface area contributed by atoms with Crippen LogP contribution in [0.4, 0.5) is 0 Å². The fourth-order valence-electron chi connectivity index (χ4n) is 2.41. The lowest BCUT2D eigenvalue weighted by Crippen LogP contribution is -2.46. The molecule has 19 heavy (non-hydrogen) atoms. The van der Waals surface area contributed by atoms with E-state index in [1.807, 2.05) is 36.3 Å². The van der Waals surface area contributed by atoms with Gasteiger partial charge in [0.25, 0.3) is 0 Å². The zero-order chi connectivity index (χ0) is 14.6. The van der Waals surface area contributed by atoms with E-state index in [4.69, 9.17) is 0 Å². The van der Waals surface area contributed by atoms with Crippen LogP contribution < -0.4 is 0 Å². The summed E-state index contributed by atoms with van der Waals surface area (Å²) in [6, 6.07) is 0.471. The number of nitrogens with zero attached hydrogens (tertiary/aromatic N) is 4. The highest BCUT2D eigenvalue weighted by atomic mass is 16.2. The van der Waals surface area contributed by atoms with Gasteiger partial charge in [0.1, 0.15) is 0 Å². The quantitative estimate of drug-likeness (QED) is 0.783. The van der Waals surface area contributed by atoms with E-state index < -0.39 is 0 Å². The van der Waals surface area contributed by atoms with Crippen LogP contribution in [0.1, 0.15) is 33.3 Å². The Morgan fingerprint density at radius 3 is 2.32 bits per heavy atom. The Bertz CT molecular complexity index is 403. The third kappa shape index (κ3) is 4.67. The lowest BCUT2D eigenvalue weighted by molar-refractivity contribution is -0.135. The first-order chi connectivity index (χ1) is 8.81. The molecule has 0 saturated heterocycles. The van der Waals surface area contributed by atoms with E-state index in [1.54, 1.807) is 4.68 Å². The molecule has 0 aliphatic rings. The molecule has 0 N–H and O–H groups in total. The highest BCUT2D eigenvalue weighted by molar-refractivity contribution is 5.78. The molecule has 5 nitrogen and oxygen atoms in total. The lowest BCUT2D eigenvalue weighted by atomic mass is 10.2. The van der Waals surface area contributed by atoms with Gasteiger partial charge in [0.2, 0.25) is 5.91 Å². The summed E-state index contributed by atoms with van der Waals surface area (Å²) < 4.78 is 1.78. The minimum absolute atomic E-state index is 0.177. The summed E-state index contributed by atoms with van der Waals surface area (Å²) in [5.41, 5.74) is 1.12. The van der Waals surface area contributed by atoms with Crippen LogP contribution in [-0.4, -0.2) is 51.2 Å². The van der Waals surface area contributed by atoms with E-state index in [2.05, 4.69) is 32.8 Å². The van der Waals surface area contributed by atoms with Crippen molar-refractivity contribution in [1.82, 2.24) is 19.6 Å². The van der Waals surface area contributed by atoms with Crippen molar-refractivity contribution in [1.29, 1.82) is 0 Å². The van der Waals surface area contributed by atoms with E-state index in [0.29, 0.717) is 6.54 Å². The normalized spacial score (nSPS) is 11.6. The van der Waals surface area contributed by atoms with Crippen LogP contribution >= 0.6 is 0 Å². The molecular weight excluding hydrogens is 240 g/mol. The van der Waals surface area contributed by atoms with E-state index in [9.17, 15) is 4.79 Å². The third-order valence-corrected chi connectivity index (χ3v) is 3.02. The smallest absolute Gasteiger partial charge is 0.237 e. The van der Waals surface area contributed by atoms with Crippen molar-refractivity contribution in [2.45, 2.75) is 46.3 Å². The molecule has 0 aliphatic heterocycles. The van der Waals surface area contributed by atoms with Gasteiger partial charge in [-0.2, -0.15) is 5.10 Å². The van der Waals surface area contributed by atoms with Gasteiger partial charge in [-0.3, -0.25) is 14.4 Å². The summed E-state index contributed by atoms with van der Waals surface area (Å²) >= 11 is 0. The Morgan fingerprint density at radius 2 is 1.89 bits per heavy atom. The Balaban J connectivity index is 2.55. The van der Waals surface area contributed by atoms with Crippen LogP contribution in [0.2, 0.25) is 0 Å². The van der Waals surface area contributed by atoms with Crippen LogP contribution in [-0.2, 0) is 18.4 Å². The predicted octanol–water partition coefficient (Wildman–Crippen LogP) is 1.50. The van der Waals surface area contributed by atoms with Crippen molar-refractivity contribution in [2.24, 2.45) is 7.05 Å². The number of rotatable bonds is 6. The summed E-state index contributed by atoms with van der Waals surface area (Å²) in [4.78, 5) is 16.3. The predicted molar refractivity (Wildman–Crippen MR) is 76.7 cm³/mol. The molecule has 1 rings (SSSR count). The standard InChI is InChI=1S/C14H26N4O/c1-11(2)18(12(3)4)14(19)10-16(5)8-13-7-15-17(6)9-13/h7,9,11-12H,8,10H2,1-6H3. The van der Waals surface area contributed by atoms with Gasteiger partial charge < -0.3 is 4.90 Å². The van der Waals surface area contributed by atoms with Gasteiger partial charge in [-0.05, 0) is 34.7 Å². The molecule has 5 heteroatoms. The molecule has 1 aromatic heterocycles. The number of aryl methyl sites for hydroxylation is 1. The van der Waals surface area contributed by atoms with Gasteiger partial charge >= 0.3 is 0 Å². The average molecular weight is 266 g/mol. The van der Waals surface area contributed by atoms with Gasteiger partial charge in [0, 0.05) is 37.4 Å². The van der Waals surface area contributed by atoms with Crippen LogP contribution in [0.15, 0.2) is 12.4 Å². The summed E-state index contributed by atoms with van der Waals surface area (Å²) in [6.45, 7) is 9.39. The van der Waals surface area contributed by atoms with Gasteiger partial charge in [0.05, 0.1) is 12.7 Å². The number of likely N-dealkylation sites (N-methyl/N-ethyl adjacent to an activating group) is 1. The van der Waals surface area contributed by atoms with Crippen molar-refractivity contribution < 1.29 is 4.79 Å². The number of carbonyl (C=O) groups is 1. The second-order valence-electron chi connectivity index (χ2n) is 5.68. The molecule has 0 saturated carbocycles. The van der Waals surface area contributed by atoms with E-state index in [1.165, 1.54) is 0 Å². The zero-order valence-corrected chi connectivity index (χ0v) is 12.9. The summed E-state index contributed by atoms with van der Waals surface area (Å²) in [7, 11) is 3.86.